The molecule has 4 aromatic carbocycles. The van der Waals surface area contributed by atoms with Crippen LogP contribution in [0.2, 0.25) is 0 Å². The Labute approximate surface area is 224 Å². The molecule has 0 saturated carbocycles. The third-order valence-electron chi connectivity index (χ3n) is 6.76. The van der Waals surface area contributed by atoms with Crippen LogP contribution >= 0.6 is 0 Å². The minimum atomic E-state index is -0.595. The van der Waals surface area contributed by atoms with E-state index in [2.05, 4.69) is 16.7 Å². The van der Waals surface area contributed by atoms with Gasteiger partial charge in [-0.2, -0.15) is 0 Å². The lowest BCUT2D eigenvalue weighted by Gasteiger charge is -2.12. The summed E-state index contributed by atoms with van der Waals surface area (Å²) in [6, 6.07) is 31.4. The summed E-state index contributed by atoms with van der Waals surface area (Å²) in [6.45, 7) is 2.34. The van der Waals surface area contributed by atoms with Gasteiger partial charge in [-0.3, -0.25) is 4.79 Å². The summed E-state index contributed by atoms with van der Waals surface area (Å²) in [6.07, 6.45) is 1.94. The fourth-order valence-electron chi connectivity index (χ4n) is 4.98. The van der Waals surface area contributed by atoms with Crippen molar-refractivity contribution in [3.05, 3.63) is 125 Å². The Morgan fingerprint density at radius 2 is 1.62 bits per heavy atom. The monoisotopic (exact) mass is 514 g/mol. The number of hydrogen-bond acceptors (Lipinski definition) is 5. The molecule has 0 aliphatic heterocycles. The topological polar surface area (TPSA) is 92.1 Å². The van der Waals surface area contributed by atoms with E-state index in [1.807, 2.05) is 91.1 Å². The maximum absolute atomic E-state index is 13.9. The summed E-state index contributed by atoms with van der Waals surface area (Å²) in [5.41, 5.74) is 12.2. The molecule has 2 aromatic heterocycles. The normalized spacial score (nSPS) is 11.2. The Morgan fingerprint density at radius 3 is 2.41 bits per heavy atom. The zero-order chi connectivity index (χ0) is 26.9. The van der Waals surface area contributed by atoms with E-state index >= 15 is 0 Å². The molecule has 2 N–H and O–H groups in total. The van der Waals surface area contributed by atoms with Crippen LogP contribution in [0.15, 0.2) is 108 Å². The quantitative estimate of drug-likeness (QED) is 0.331. The third kappa shape index (κ3) is 4.60. The molecule has 0 atom stereocenters. The second-order valence-corrected chi connectivity index (χ2v) is 9.42. The number of nitrogens with zero attached hydrogens (tertiary/aromatic N) is 3. The molecule has 6 aromatic rings. The molecule has 0 fully saturated rings. The van der Waals surface area contributed by atoms with Crippen LogP contribution < -0.4 is 16.1 Å². The first-order valence-electron chi connectivity index (χ1n) is 12.7. The lowest BCUT2D eigenvalue weighted by atomic mass is 10.0. The first-order valence-corrected chi connectivity index (χ1v) is 12.7. The summed E-state index contributed by atoms with van der Waals surface area (Å²) >= 11 is 0. The van der Waals surface area contributed by atoms with Crippen LogP contribution in [0.1, 0.15) is 18.1 Å². The minimum absolute atomic E-state index is 0.210. The largest absolute Gasteiger partial charge is 0.342 e. The van der Waals surface area contributed by atoms with Gasteiger partial charge >= 0.3 is 11.5 Å². The number of carbonyl (C=O) groups excluding carboxylic acids is 1. The Hall–Kier alpha value is -5.01. The van der Waals surface area contributed by atoms with E-state index < -0.39 is 11.5 Å². The van der Waals surface area contributed by atoms with Crippen LogP contribution in [0.4, 0.5) is 0 Å². The van der Waals surface area contributed by atoms with Crippen molar-refractivity contribution in [1.29, 1.82) is 0 Å². The van der Waals surface area contributed by atoms with Crippen LogP contribution in [-0.2, 0) is 17.9 Å². The van der Waals surface area contributed by atoms with E-state index in [4.69, 9.17) is 15.6 Å². The van der Waals surface area contributed by atoms with Crippen molar-refractivity contribution in [3.63, 3.8) is 0 Å². The predicted octanol–water partition coefficient (Wildman–Crippen LogP) is 5.17. The highest BCUT2D eigenvalue weighted by atomic mass is 16.7. The zero-order valence-electron chi connectivity index (χ0n) is 21.4. The molecule has 0 aliphatic rings. The van der Waals surface area contributed by atoms with E-state index in [1.54, 1.807) is 0 Å². The molecule has 0 amide bonds. The number of nitrogens with two attached hydrogens (primary N) is 1. The zero-order valence-corrected chi connectivity index (χ0v) is 21.4. The SMILES string of the molecule is CC(=O)On1c(=O)c(-c2cn(Cc3cccc(CN)c3)c3ccccc23)nc2ccc(-c3ccccc3)cc21. The number of benzene rings is 4. The Balaban J connectivity index is 1.54. The van der Waals surface area contributed by atoms with E-state index in [1.165, 1.54) is 6.92 Å². The van der Waals surface area contributed by atoms with Crippen LogP contribution in [-0.4, -0.2) is 20.3 Å². The molecule has 0 aliphatic carbocycles. The van der Waals surface area contributed by atoms with Gasteiger partial charge in [0.15, 0.2) is 0 Å². The molecule has 0 radical (unpaired) electrons. The van der Waals surface area contributed by atoms with E-state index in [0.717, 1.165) is 37.9 Å². The van der Waals surface area contributed by atoms with Crippen molar-refractivity contribution in [2.45, 2.75) is 20.0 Å². The third-order valence-corrected chi connectivity index (χ3v) is 6.76. The lowest BCUT2D eigenvalue weighted by molar-refractivity contribution is -0.141. The van der Waals surface area contributed by atoms with Gasteiger partial charge in [-0.1, -0.05) is 78.9 Å². The highest BCUT2D eigenvalue weighted by Crippen LogP contribution is 2.30. The molecule has 0 spiro atoms. The second kappa shape index (κ2) is 10.0. The van der Waals surface area contributed by atoms with Crippen molar-refractivity contribution in [2.75, 3.05) is 0 Å². The number of rotatable bonds is 6. The molecule has 7 nitrogen and oxygen atoms in total. The molecule has 39 heavy (non-hydrogen) atoms. The van der Waals surface area contributed by atoms with E-state index in [9.17, 15) is 9.59 Å². The average molecular weight is 515 g/mol. The summed E-state index contributed by atoms with van der Waals surface area (Å²) in [4.78, 5) is 36.2. The molecule has 7 heteroatoms. The van der Waals surface area contributed by atoms with Crippen LogP contribution in [0, 0.1) is 0 Å². The maximum Gasteiger partial charge on any atom is 0.330 e. The van der Waals surface area contributed by atoms with Gasteiger partial charge < -0.3 is 15.1 Å². The number of aromatic nitrogens is 3. The lowest BCUT2D eigenvalue weighted by Crippen LogP contribution is -2.31. The molecule has 0 bridgehead atoms. The Bertz CT molecular complexity index is 1900. The van der Waals surface area contributed by atoms with Crippen molar-refractivity contribution >= 4 is 27.9 Å². The molecule has 0 unspecified atom stereocenters. The van der Waals surface area contributed by atoms with Crippen LogP contribution in [0.3, 0.4) is 0 Å². The van der Waals surface area contributed by atoms with Gasteiger partial charge in [0, 0.05) is 42.7 Å². The van der Waals surface area contributed by atoms with Crippen molar-refractivity contribution < 1.29 is 9.63 Å². The van der Waals surface area contributed by atoms with Gasteiger partial charge in [0.1, 0.15) is 11.2 Å². The smallest absolute Gasteiger partial charge is 0.330 e. The first-order chi connectivity index (χ1) is 19.0. The average Bonchev–Trinajstić information content (AvgIpc) is 3.32. The Morgan fingerprint density at radius 1 is 0.846 bits per heavy atom. The summed E-state index contributed by atoms with van der Waals surface area (Å²) < 4.78 is 3.16. The van der Waals surface area contributed by atoms with Crippen molar-refractivity contribution in [3.8, 4) is 22.4 Å². The first kappa shape index (κ1) is 24.3. The van der Waals surface area contributed by atoms with Crippen LogP contribution in [0.25, 0.3) is 44.3 Å². The maximum atomic E-state index is 13.9. The van der Waals surface area contributed by atoms with Crippen molar-refractivity contribution in [1.82, 2.24) is 14.3 Å². The molecular weight excluding hydrogens is 488 g/mol. The highest BCUT2D eigenvalue weighted by molar-refractivity contribution is 5.96. The van der Waals surface area contributed by atoms with E-state index in [-0.39, 0.29) is 5.69 Å². The summed E-state index contributed by atoms with van der Waals surface area (Å²) in [5.74, 6) is -0.595. The number of fused-ring (bicyclic) bond motifs is 2. The van der Waals surface area contributed by atoms with Gasteiger partial charge in [-0.25, -0.2) is 9.78 Å². The fourth-order valence-corrected chi connectivity index (χ4v) is 4.98. The number of carbonyl (C=O) groups is 1. The molecular formula is C32H26N4O3. The standard InChI is InChI=1S/C32H26N4O3/c1-21(37)39-36-30-17-25(24-10-3-2-4-11-24)14-15-28(30)34-31(32(36)38)27-20-35(29-13-6-5-12-26(27)29)19-23-9-7-8-22(16-23)18-33/h2-17,20H,18-19,33H2,1H3. The summed E-state index contributed by atoms with van der Waals surface area (Å²) in [7, 11) is 0. The summed E-state index contributed by atoms with van der Waals surface area (Å²) in [5, 5.41) is 0.881. The second-order valence-electron chi connectivity index (χ2n) is 9.42. The van der Waals surface area contributed by atoms with E-state index in [0.29, 0.717) is 29.7 Å². The predicted molar refractivity (Wildman–Crippen MR) is 153 cm³/mol. The fraction of sp³-hybridized carbons (Fsp3) is 0.0938. The van der Waals surface area contributed by atoms with Crippen molar-refractivity contribution in [2.24, 2.45) is 5.73 Å². The molecule has 6 rings (SSSR count). The highest BCUT2D eigenvalue weighted by Gasteiger charge is 2.20. The molecule has 2 heterocycles. The number of para-hydroxylation sites is 1. The van der Waals surface area contributed by atoms with Gasteiger partial charge in [-0.15, -0.1) is 4.73 Å². The molecule has 192 valence electrons. The van der Waals surface area contributed by atoms with Gasteiger partial charge in [0.2, 0.25) is 0 Å². The Kier molecular flexibility index (Phi) is 6.26. The minimum Gasteiger partial charge on any atom is -0.342 e. The van der Waals surface area contributed by atoms with Gasteiger partial charge in [-0.05, 0) is 40.5 Å². The molecule has 0 saturated heterocycles. The van der Waals surface area contributed by atoms with Crippen LogP contribution in [0.5, 0.6) is 0 Å². The number of hydrogen-bond donors (Lipinski definition) is 1. The van der Waals surface area contributed by atoms with Gasteiger partial charge in [0.05, 0.1) is 5.52 Å². The van der Waals surface area contributed by atoms with Gasteiger partial charge in [0.25, 0.3) is 0 Å².